The van der Waals surface area contributed by atoms with E-state index in [-0.39, 0.29) is 51.4 Å². The first-order chi connectivity index (χ1) is 2.41. The second kappa shape index (κ2) is 9.42. The van der Waals surface area contributed by atoms with Crippen molar-refractivity contribution >= 4 is 6.47 Å². The fraction of sp³-hybridized carbons (Fsp3) is 0.500. The first-order valence-electron chi connectivity index (χ1n) is 0.983. The summed E-state index contributed by atoms with van der Waals surface area (Å²) in [4.78, 5) is 16.2. The third-order valence-electron chi connectivity index (χ3n) is 0.117. The van der Waals surface area contributed by atoms with Crippen molar-refractivity contribution < 1.29 is 66.0 Å². The second-order valence-electron chi connectivity index (χ2n) is 0.333. The smallest absolute Gasteiger partial charge is 0.507 e. The zero-order valence-electron chi connectivity index (χ0n) is 3.72. The fourth-order valence-corrected chi connectivity index (χ4v) is 0.0340. The zero-order valence-corrected chi connectivity index (χ0v) is 6.85. The van der Waals surface area contributed by atoms with Gasteiger partial charge in [0.15, 0.2) is 0 Å². The molecule has 0 fully saturated rings. The van der Waals surface area contributed by atoms with E-state index in [4.69, 9.17) is 4.79 Å². The molecule has 0 saturated carbocycles. The fourth-order valence-electron chi connectivity index (χ4n) is 0.0340. The molecular weight excluding hydrogens is 111 g/mol. The molecule has 0 aromatic rings. The van der Waals surface area contributed by atoms with Gasteiger partial charge in [-0.25, -0.2) is 4.89 Å². The first-order valence-corrected chi connectivity index (χ1v) is 0.983. The van der Waals surface area contributed by atoms with E-state index in [2.05, 4.69) is 9.78 Å². The van der Waals surface area contributed by atoms with E-state index in [9.17, 15) is 0 Å². The van der Waals surface area contributed by atoms with Crippen molar-refractivity contribution in [1.29, 1.82) is 0 Å². The van der Waals surface area contributed by atoms with Crippen LogP contribution in [0.25, 0.3) is 0 Å². The van der Waals surface area contributed by atoms with E-state index in [0.29, 0.717) is 0 Å². The summed E-state index contributed by atoms with van der Waals surface area (Å²) in [6.07, 6.45) is 0. The Kier molecular flexibility index (Phi) is 15.9. The van der Waals surface area contributed by atoms with Gasteiger partial charge in [-0.3, -0.25) is 0 Å². The average molecular weight is 114 g/mol. The van der Waals surface area contributed by atoms with E-state index in [1.165, 1.54) is 7.11 Å². The summed E-state index contributed by atoms with van der Waals surface area (Å²) < 4.78 is 0. The Labute approximate surface area is 78.3 Å². The van der Waals surface area contributed by atoms with Crippen LogP contribution >= 0.6 is 0 Å². The molecule has 0 aliphatic carbocycles. The molecule has 0 N–H and O–H groups in total. The van der Waals surface area contributed by atoms with Gasteiger partial charge in [0, 0.05) is 0 Å². The van der Waals surface area contributed by atoms with Crippen LogP contribution in [0.3, 0.4) is 0 Å². The summed E-state index contributed by atoms with van der Waals surface area (Å²) in [5.41, 5.74) is 0. The molecule has 4 heteroatoms. The Morgan fingerprint density at radius 2 is 2.17 bits per heavy atom. The van der Waals surface area contributed by atoms with Crippen LogP contribution in [0.4, 0.5) is 0 Å². The van der Waals surface area contributed by atoms with Gasteiger partial charge in [0.1, 0.15) is 0 Å². The molecule has 0 radical (unpaired) electrons. The predicted octanol–water partition coefficient (Wildman–Crippen LogP) is -3.36. The molecule has 3 nitrogen and oxygen atoms in total. The maximum Gasteiger partial charge on any atom is 1.00 e. The maximum absolute atomic E-state index is 8.93. The van der Waals surface area contributed by atoms with Gasteiger partial charge in [-0.05, 0) is 6.47 Å². The Bertz CT molecular complexity index is 30.0. The van der Waals surface area contributed by atoms with Crippen molar-refractivity contribution in [2.24, 2.45) is 0 Å². The Balaban J connectivity index is 0. The standard InChI is InChI=1S/C2H3O3.K/c1-4-5-2-3;/h1H3;/q-1;+1. The van der Waals surface area contributed by atoms with Crippen molar-refractivity contribution in [1.82, 2.24) is 0 Å². The number of hydrogen-bond acceptors (Lipinski definition) is 3. The molecule has 0 amide bonds. The molecule has 0 bridgehead atoms. The van der Waals surface area contributed by atoms with Gasteiger partial charge in [0.2, 0.25) is 0 Å². The van der Waals surface area contributed by atoms with Gasteiger partial charge in [0.25, 0.3) is 0 Å². The maximum atomic E-state index is 8.93. The summed E-state index contributed by atoms with van der Waals surface area (Å²) in [7, 11) is 1.23. The van der Waals surface area contributed by atoms with E-state index in [0.717, 1.165) is 6.47 Å². The molecule has 0 saturated heterocycles. The quantitative estimate of drug-likeness (QED) is 0.163. The van der Waals surface area contributed by atoms with Crippen LogP contribution in [0.5, 0.6) is 0 Å². The molecule has 0 aromatic heterocycles. The summed E-state index contributed by atoms with van der Waals surface area (Å²) in [6.45, 7) is 1.05. The molecule has 0 aromatic carbocycles. The number of rotatable bonds is 2. The Morgan fingerprint density at radius 3 is 2.17 bits per heavy atom. The summed E-state index contributed by atoms with van der Waals surface area (Å²) in [5.74, 6) is 0. The minimum Gasteiger partial charge on any atom is -0.507 e. The van der Waals surface area contributed by atoms with Crippen molar-refractivity contribution in [2.45, 2.75) is 0 Å². The van der Waals surface area contributed by atoms with E-state index in [1.807, 2.05) is 0 Å². The van der Waals surface area contributed by atoms with Crippen LogP contribution < -0.4 is 51.4 Å². The molecule has 0 unspecified atom stereocenters. The second-order valence-corrected chi connectivity index (χ2v) is 0.333. The van der Waals surface area contributed by atoms with Crippen LogP contribution in [0.2, 0.25) is 0 Å². The minimum atomic E-state index is 0. The summed E-state index contributed by atoms with van der Waals surface area (Å²) in [6, 6.07) is 0. The van der Waals surface area contributed by atoms with Crippen LogP contribution in [-0.2, 0) is 14.6 Å². The van der Waals surface area contributed by atoms with E-state index >= 15 is 0 Å². The van der Waals surface area contributed by atoms with E-state index < -0.39 is 0 Å². The third-order valence-corrected chi connectivity index (χ3v) is 0.117. The van der Waals surface area contributed by atoms with Crippen LogP contribution in [0.15, 0.2) is 0 Å². The van der Waals surface area contributed by atoms with Crippen LogP contribution in [0.1, 0.15) is 0 Å². The first kappa shape index (κ1) is 10.1. The van der Waals surface area contributed by atoms with Crippen molar-refractivity contribution in [3.63, 3.8) is 0 Å². The topological polar surface area (TPSA) is 35.5 Å². The Morgan fingerprint density at radius 1 is 1.67 bits per heavy atom. The molecule has 0 rings (SSSR count). The van der Waals surface area contributed by atoms with Crippen LogP contribution in [0, 0.1) is 0 Å². The van der Waals surface area contributed by atoms with Crippen molar-refractivity contribution in [3.8, 4) is 0 Å². The monoisotopic (exact) mass is 114 g/mol. The summed E-state index contributed by atoms with van der Waals surface area (Å²) >= 11 is 0. The largest absolute Gasteiger partial charge is 1.00 e. The molecule has 6 heavy (non-hydrogen) atoms. The van der Waals surface area contributed by atoms with Gasteiger partial charge in [0.05, 0.1) is 7.11 Å². The number of carbonyl (C=O) groups excluding carboxylic acids is 1. The zero-order chi connectivity index (χ0) is 4.12. The number of hydrogen-bond donors (Lipinski definition) is 0. The molecule has 0 heterocycles. The SMILES string of the molecule is COO[C-]=O.[K+]. The average Bonchev–Trinajstić information content (AvgIpc) is 1.41. The van der Waals surface area contributed by atoms with Gasteiger partial charge in [-0.1, -0.05) is 0 Å². The molecular formula is C2H3KO3. The Hall–Kier alpha value is 1.07. The normalized spacial score (nSPS) is 5.50. The molecule has 0 spiro atoms. The summed E-state index contributed by atoms with van der Waals surface area (Å²) in [5, 5.41) is 0. The van der Waals surface area contributed by atoms with Gasteiger partial charge in [-0.2, -0.15) is 0 Å². The van der Waals surface area contributed by atoms with Gasteiger partial charge in [-0.15, -0.1) is 0 Å². The van der Waals surface area contributed by atoms with Gasteiger partial charge < -0.3 is 9.68 Å². The minimum absolute atomic E-state index is 0. The molecule has 0 aliphatic rings. The molecule has 0 aliphatic heterocycles. The van der Waals surface area contributed by atoms with Crippen molar-refractivity contribution in [2.75, 3.05) is 7.11 Å². The van der Waals surface area contributed by atoms with Crippen LogP contribution in [-0.4, -0.2) is 13.6 Å². The van der Waals surface area contributed by atoms with E-state index in [1.54, 1.807) is 0 Å². The third kappa shape index (κ3) is 8.91. The molecule has 30 valence electrons. The van der Waals surface area contributed by atoms with Gasteiger partial charge >= 0.3 is 51.4 Å². The predicted molar refractivity (Wildman–Crippen MR) is 13.8 cm³/mol. The van der Waals surface area contributed by atoms with Crippen molar-refractivity contribution in [3.05, 3.63) is 0 Å². The molecule has 0 atom stereocenters.